The van der Waals surface area contributed by atoms with Crippen LogP contribution in [0.3, 0.4) is 0 Å². The number of nitrogen functional groups attached to an aromatic ring is 1. The largest absolute Gasteiger partial charge is 0.394 e. The molecule has 3 aromatic rings. The molecule has 2 aliphatic heterocycles. The number of rotatable bonds is 4. The highest BCUT2D eigenvalue weighted by molar-refractivity contribution is 5.81. The van der Waals surface area contributed by atoms with Gasteiger partial charge in [-0.15, -0.1) is 0 Å². The van der Waals surface area contributed by atoms with E-state index < -0.39 is 30.8 Å². The van der Waals surface area contributed by atoms with Crippen molar-refractivity contribution in [2.75, 3.05) is 12.3 Å². The topological polar surface area (TPSA) is 118 Å². The Morgan fingerprint density at radius 2 is 1.89 bits per heavy atom. The lowest BCUT2D eigenvalue weighted by Gasteiger charge is -2.19. The molecule has 2 aromatic heterocycles. The van der Waals surface area contributed by atoms with Crippen LogP contribution in [0.4, 0.5) is 5.82 Å². The van der Waals surface area contributed by atoms with Gasteiger partial charge in [-0.2, -0.15) is 0 Å². The van der Waals surface area contributed by atoms with E-state index in [9.17, 15) is 5.11 Å². The van der Waals surface area contributed by atoms with Crippen molar-refractivity contribution in [1.29, 1.82) is 0 Å². The van der Waals surface area contributed by atoms with E-state index in [1.807, 2.05) is 42.5 Å². The van der Waals surface area contributed by atoms with Gasteiger partial charge in [-0.25, -0.2) is 15.0 Å². The van der Waals surface area contributed by atoms with Crippen LogP contribution in [-0.2, 0) is 14.2 Å². The van der Waals surface area contributed by atoms with Crippen molar-refractivity contribution in [2.45, 2.75) is 30.8 Å². The molecule has 5 atom stereocenters. The van der Waals surface area contributed by atoms with Crippen LogP contribution >= 0.6 is 0 Å². The van der Waals surface area contributed by atoms with E-state index in [1.165, 1.54) is 6.33 Å². The quantitative estimate of drug-likeness (QED) is 0.690. The van der Waals surface area contributed by atoms with Crippen LogP contribution in [0.5, 0.6) is 0 Å². The molecule has 3 unspecified atom stereocenters. The van der Waals surface area contributed by atoms with E-state index in [1.54, 1.807) is 10.9 Å². The summed E-state index contributed by atoms with van der Waals surface area (Å²) < 4.78 is 19.8. The number of ether oxygens (including phenoxy) is 3. The summed E-state index contributed by atoms with van der Waals surface area (Å²) in [7, 11) is 0. The number of aliphatic hydroxyl groups is 1. The van der Waals surface area contributed by atoms with Crippen molar-refractivity contribution >= 4 is 23.1 Å². The first-order chi connectivity index (χ1) is 13.7. The van der Waals surface area contributed by atoms with Crippen LogP contribution in [0.2, 0.25) is 0 Å². The van der Waals surface area contributed by atoms with Crippen LogP contribution in [-0.4, -0.2) is 55.8 Å². The highest BCUT2D eigenvalue weighted by Gasteiger charge is 2.53. The molecular weight excluding hydrogens is 362 g/mol. The predicted molar refractivity (Wildman–Crippen MR) is 99.7 cm³/mol. The van der Waals surface area contributed by atoms with E-state index in [0.717, 1.165) is 5.56 Å². The monoisotopic (exact) mass is 381 g/mol. The molecule has 0 saturated carbocycles. The standard InChI is InChI=1S/C19H19N5O4/c20-17-14-18(22-9-21-17)24(10-23-14)19-16-15(12(8-25)26-19)27-13(28-16)7-6-11-4-2-1-3-5-11/h1-7,9-10,12-13,15-16,19,25H,8H2,(H2,20,21,22)/t12-,13?,15?,16?,19-/m1/s1. The van der Waals surface area contributed by atoms with Gasteiger partial charge in [0.15, 0.2) is 24.0 Å². The maximum atomic E-state index is 9.73. The summed E-state index contributed by atoms with van der Waals surface area (Å²) in [5.74, 6) is 0.296. The number of benzene rings is 1. The van der Waals surface area contributed by atoms with Gasteiger partial charge in [0.2, 0.25) is 0 Å². The lowest BCUT2D eigenvalue weighted by Crippen LogP contribution is -2.30. The zero-order valence-electron chi connectivity index (χ0n) is 14.8. The summed E-state index contributed by atoms with van der Waals surface area (Å²) in [6.07, 6.45) is 4.34. The van der Waals surface area contributed by atoms with Crippen molar-refractivity contribution in [3.05, 3.63) is 54.6 Å². The second kappa shape index (κ2) is 6.95. The number of nitrogens with two attached hydrogens (primary N) is 1. The number of nitrogens with zero attached hydrogens (tertiary/aromatic N) is 4. The molecule has 3 N–H and O–H groups in total. The van der Waals surface area contributed by atoms with Gasteiger partial charge in [-0.05, 0) is 11.6 Å². The number of hydrogen-bond acceptors (Lipinski definition) is 8. The van der Waals surface area contributed by atoms with Crippen LogP contribution < -0.4 is 5.73 Å². The number of imidazole rings is 1. The fourth-order valence-corrected chi connectivity index (χ4v) is 3.63. The maximum absolute atomic E-state index is 9.73. The molecule has 28 heavy (non-hydrogen) atoms. The van der Waals surface area contributed by atoms with Gasteiger partial charge >= 0.3 is 0 Å². The fourth-order valence-electron chi connectivity index (χ4n) is 3.63. The average Bonchev–Trinajstić information content (AvgIpc) is 3.41. The first-order valence-electron chi connectivity index (χ1n) is 8.98. The predicted octanol–water partition coefficient (Wildman–Crippen LogP) is 1.12. The number of aromatic nitrogens is 4. The summed E-state index contributed by atoms with van der Waals surface area (Å²) in [5.41, 5.74) is 7.96. The van der Waals surface area contributed by atoms with Gasteiger partial charge in [-0.1, -0.05) is 36.4 Å². The molecule has 0 amide bonds. The maximum Gasteiger partial charge on any atom is 0.178 e. The molecule has 4 heterocycles. The smallest absolute Gasteiger partial charge is 0.178 e. The Hall–Kier alpha value is -2.85. The molecule has 0 bridgehead atoms. The SMILES string of the molecule is Nc1ncnc2c1ncn2[C@@H]1O[C@H](CO)C2OC(C=Cc3ccccc3)OC21. The first kappa shape index (κ1) is 17.3. The average molecular weight is 381 g/mol. The Kier molecular flexibility index (Phi) is 4.29. The minimum absolute atomic E-state index is 0.181. The normalized spacial score (nSPS) is 29.7. The summed E-state index contributed by atoms with van der Waals surface area (Å²) in [5, 5.41) is 9.73. The molecule has 1 aromatic carbocycles. The second-order valence-electron chi connectivity index (χ2n) is 6.67. The van der Waals surface area contributed by atoms with E-state index in [-0.39, 0.29) is 6.61 Å². The fraction of sp³-hybridized carbons (Fsp3) is 0.316. The molecule has 2 fully saturated rings. The molecule has 0 radical (unpaired) electrons. The van der Waals surface area contributed by atoms with E-state index >= 15 is 0 Å². The first-order valence-corrected chi connectivity index (χ1v) is 8.98. The van der Waals surface area contributed by atoms with Crippen LogP contribution in [0.1, 0.15) is 11.8 Å². The highest BCUT2D eigenvalue weighted by atomic mass is 16.8. The van der Waals surface area contributed by atoms with E-state index in [4.69, 9.17) is 19.9 Å². The summed E-state index contributed by atoms with van der Waals surface area (Å²) >= 11 is 0. The lowest BCUT2D eigenvalue weighted by atomic mass is 10.1. The molecule has 9 nitrogen and oxygen atoms in total. The third kappa shape index (κ3) is 2.85. The molecule has 9 heteroatoms. The minimum Gasteiger partial charge on any atom is -0.394 e. The molecule has 144 valence electrons. The second-order valence-corrected chi connectivity index (χ2v) is 6.67. The van der Waals surface area contributed by atoms with Crippen molar-refractivity contribution in [1.82, 2.24) is 19.5 Å². The van der Waals surface area contributed by atoms with Crippen molar-refractivity contribution in [3.8, 4) is 0 Å². The van der Waals surface area contributed by atoms with Crippen LogP contribution in [0, 0.1) is 0 Å². The van der Waals surface area contributed by atoms with Gasteiger partial charge < -0.3 is 25.1 Å². The molecule has 5 rings (SSSR count). The van der Waals surface area contributed by atoms with Crippen molar-refractivity contribution < 1.29 is 19.3 Å². The van der Waals surface area contributed by atoms with Gasteiger partial charge in [0, 0.05) is 0 Å². The lowest BCUT2D eigenvalue weighted by molar-refractivity contribution is -0.133. The molecule has 0 aliphatic carbocycles. The van der Waals surface area contributed by atoms with Crippen molar-refractivity contribution in [3.63, 3.8) is 0 Å². The Bertz CT molecular complexity index is 1010. The van der Waals surface area contributed by atoms with Gasteiger partial charge in [0.1, 0.15) is 30.2 Å². The number of hydrogen-bond donors (Lipinski definition) is 2. The summed E-state index contributed by atoms with van der Waals surface area (Å²) in [6, 6.07) is 9.89. The number of fused-ring (bicyclic) bond motifs is 2. The Balaban J connectivity index is 1.42. The molecule has 2 aliphatic rings. The van der Waals surface area contributed by atoms with E-state index in [0.29, 0.717) is 17.0 Å². The molecular formula is C19H19N5O4. The van der Waals surface area contributed by atoms with Crippen LogP contribution in [0.15, 0.2) is 49.1 Å². The van der Waals surface area contributed by atoms with Gasteiger partial charge in [-0.3, -0.25) is 4.57 Å². The minimum atomic E-state index is -0.545. The number of aliphatic hydroxyl groups excluding tert-OH is 1. The summed E-state index contributed by atoms with van der Waals surface area (Å²) in [4.78, 5) is 12.5. The highest BCUT2D eigenvalue weighted by Crippen LogP contribution is 2.40. The zero-order valence-corrected chi connectivity index (χ0v) is 14.8. The van der Waals surface area contributed by atoms with E-state index in [2.05, 4.69) is 15.0 Å². The third-order valence-electron chi connectivity index (χ3n) is 4.95. The Morgan fingerprint density at radius 3 is 2.71 bits per heavy atom. The van der Waals surface area contributed by atoms with Crippen molar-refractivity contribution in [2.24, 2.45) is 0 Å². The van der Waals surface area contributed by atoms with Crippen LogP contribution in [0.25, 0.3) is 17.2 Å². The summed E-state index contributed by atoms with van der Waals surface area (Å²) in [6.45, 7) is -0.181. The van der Waals surface area contributed by atoms with Gasteiger partial charge in [0.05, 0.1) is 12.9 Å². The Morgan fingerprint density at radius 1 is 1.07 bits per heavy atom. The third-order valence-corrected chi connectivity index (χ3v) is 4.95. The molecule has 2 saturated heterocycles. The Labute approximate surface area is 160 Å². The van der Waals surface area contributed by atoms with Gasteiger partial charge in [0.25, 0.3) is 0 Å². The zero-order chi connectivity index (χ0) is 19.1. The number of anilines is 1. The molecule has 0 spiro atoms.